The lowest BCUT2D eigenvalue weighted by molar-refractivity contribution is 0.171. The molecule has 0 radical (unpaired) electrons. The number of hydrogen-bond acceptors (Lipinski definition) is 8. The number of aromatic nitrogens is 5. The van der Waals surface area contributed by atoms with Crippen molar-refractivity contribution in [2.75, 3.05) is 4.90 Å². The van der Waals surface area contributed by atoms with Crippen molar-refractivity contribution in [3.63, 3.8) is 0 Å². The Hall–Kier alpha value is -3.65. The van der Waals surface area contributed by atoms with Crippen LogP contribution in [0, 0.1) is 17.1 Å². The molecular weight excluding hydrogens is 442 g/mol. The molecule has 11 heteroatoms. The van der Waals surface area contributed by atoms with E-state index in [2.05, 4.69) is 25.6 Å². The van der Waals surface area contributed by atoms with Crippen LogP contribution in [0.4, 0.5) is 14.7 Å². The molecule has 2 aromatic heterocycles. The highest BCUT2D eigenvalue weighted by molar-refractivity contribution is 5.68. The molecule has 2 N–H and O–H groups in total. The van der Waals surface area contributed by atoms with E-state index in [1.165, 1.54) is 16.9 Å². The minimum Gasteiger partial charge on any atom is -0.507 e. The average molecular weight is 464 g/mol. The average Bonchev–Trinajstić information content (AvgIpc) is 3.48. The number of halogens is 2. The number of fused-ring (bicyclic) bond motifs is 2. The zero-order chi connectivity index (χ0) is 23.4. The van der Waals surface area contributed by atoms with E-state index < -0.39 is 12.0 Å². The fourth-order valence-corrected chi connectivity index (χ4v) is 5.13. The summed E-state index contributed by atoms with van der Waals surface area (Å²) < 4.78 is 30.1. The monoisotopic (exact) mass is 464 g/mol. The molecule has 1 aliphatic carbocycles. The number of piperidine rings is 1. The van der Waals surface area contributed by atoms with Gasteiger partial charge in [-0.3, -0.25) is 0 Å². The summed E-state index contributed by atoms with van der Waals surface area (Å²) in [7, 11) is 0. The van der Waals surface area contributed by atoms with Crippen LogP contribution in [0.25, 0.3) is 16.9 Å². The zero-order valence-electron chi connectivity index (χ0n) is 18.1. The molecule has 3 aliphatic rings. The quantitative estimate of drug-likeness (QED) is 0.592. The van der Waals surface area contributed by atoms with E-state index in [1.807, 2.05) is 4.90 Å². The van der Waals surface area contributed by atoms with Crippen molar-refractivity contribution in [1.29, 1.82) is 5.26 Å². The van der Waals surface area contributed by atoms with Crippen molar-refractivity contribution in [3.8, 4) is 28.8 Å². The summed E-state index contributed by atoms with van der Waals surface area (Å²) in [6.07, 6.45) is 6.17. The molecule has 34 heavy (non-hydrogen) atoms. The van der Waals surface area contributed by atoms with E-state index in [9.17, 15) is 9.50 Å². The molecule has 2 aliphatic heterocycles. The summed E-state index contributed by atoms with van der Waals surface area (Å²) in [6.45, 7) is 0. The molecular formula is C23H22F2N8O. The van der Waals surface area contributed by atoms with Gasteiger partial charge in [-0.25, -0.2) is 18.4 Å². The van der Waals surface area contributed by atoms with Crippen molar-refractivity contribution < 1.29 is 13.9 Å². The van der Waals surface area contributed by atoms with Crippen LogP contribution in [0.5, 0.6) is 5.75 Å². The summed E-state index contributed by atoms with van der Waals surface area (Å²) >= 11 is 0. The molecule has 0 unspecified atom stereocenters. The van der Waals surface area contributed by atoms with Crippen molar-refractivity contribution in [2.24, 2.45) is 0 Å². The van der Waals surface area contributed by atoms with Gasteiger partial charge in [0.2, 0.25) is 5.95 Å². The first kappa shape index (κ1) is 20.9. The lowest BCUT2D eigenvalue weighted by Crippen LogP contribution is -2.57. The molecule has 1 aromatic carbocycles. The first-order valence-corrected chi connectivity index (χ1v) is 11.4. The Morgan fingerprint density at radius 1 is 1.21 bits per heavy atom. The Balaban J connectivity index is 1.26. The van der Waals surface area contributed by atoms with Gasteiger partial charge in [-0.2, -0.15) is 10.4 Å². The number of nitriles is 1. The van der Waals surface area contributed by atoms with E-state index in [1.54, 1.807) is 18.2 Å². The third-order valence-electron chi connectivity index (χ3n) is 6.93. The molecule has 4 heterocycles. The fourth-order valence-electron chi connectivity index (χ4n) is 5.13. The number of alkyl halides is 1. The minimum absolute atomic E-state index is 0.111. The van der Waals surface area contributed by atoms with E-state index in [4.69, 9.17) is 5.26 Å². The normalized spacial score (nSPS) is 25.8. The lowest BCUT2D eigenvalue weighted by atomic mass is 9.96. The Kier molecular flexibility index (Phi) is 4.91. The van der Waals surface area contributed by atoms with Crippen molar-refractivity contribution >= 4 is 5.95 Å². The summed E-state index contributed by atoms with van der Waals surface area (Å²) in [6, 6.07) is 6.47. The van der Waals surface area contributed by atoms with Gasteiger partial charge in [0.05, 0.1) is 24.1 Å². The molecule has 9 nitrogen and oxygen atoms in total. The van der Waals surface area contributed by atoms with Gasteiger partial charge in [-0.15, -0.1) is 10.2 Å². The predicted molar refractivity (Wildman–Crippen MR) is 117 cm³/mol. The second-order valence-electron chi connectivity index (χ2n) is 9.16. The summed E-state index contributed by atoms with van der Waals surface area (Å²) in [4.78, 5) is 6.50. The summed E-state index contributed by atoms with van der Waals surface area (Å²) in [5.74, 6) is -0.449. The summed E-state index contributed by atoms with van der Waals surface area (Å²) in [5, 5.41) is 35.2. The van der Waals surface area contributed by atoms with Gasteiger partial charge in [0, 0.05) is 29.8 Å². The maximum atomic E-state index is 15.2. The van der Waals surface area contributed by atoms with Gasteiger partial charge in [0.15, 0.2) is 11.5 Å². The minimum atomic E-state index is -0.979. The van der Waals surface area contributed by atoms with Crippen LogP contribution < -0.4 is 10.2 Å². The predicted octanol–water partition coefficient (Wildman–Crippen LogP) is 2.64. The fraction of sp³-hybridized carbons (Fsp3) is 0.435. The Morgan fingerprint density at radius 3 is 2.74 bits per heavy atom. The van der Waals surface area contributed by atoms with Gasteiger partial charge in [0.25, 0.3) is 0 Å². The second kappa shape index (κ2) is 7.99. The van der Waals surface area contributed by atoms with Crippen LogP contribution in [-0.4, -0.2) is 60.4 Å². The Bertz CT molecular complexity index is 1270. The molecule has 3 fully saturated rings. The largest absolute Gasteiger partial charge is 0.507 e. The highest BCUT2D eigenvalue weighted by Crippen LogP contribution is 2.39. The number of benzene rings is 1. The smallest absolute Gasteiger partial charge is 0.245 e. The topological polar surface area (TPSA) is 116 Å². The first-order chi connectivity index (χ1) is 16.5. The SMILES string of the molecule is N#Cc1nn(-c2ccc(-c3cnc(N(C4CC4)[C@H]4C[C@@H]5CC[C@H](N5)[C@H]4F)nn3)c(O)c2)cc1F. The van der Waals surface area contributed by atoms with E-state index >= 15 is 4.39 Å². The van der Waals surface area contributed by atoms with Crippen LogP contribution in [0.3, 0.4) is 0 Å². The number of hydrogen-bond donors (Lipinski definition) is 2. The first-order valence-electron chi connectivity index (χ1n) is 11.4. The molecule has 3 aromatic rings. The van der Waals surface area contributed by atoms with Crippen LogP contribution >= 0.6 is 0 Å². The molecule has 1 saturated carbocycles. The molecule has 174 valence electrons. The standard InChI is InChI=1S/C23H22F2N8O/c24-16-11-32(31-18(16)9-26)14-4-5-15(21(34)8-14)19-10-27-23(30-29-19)33(13-2-3-13)20-7-12-1-6-17(28-12)22(20)25/h4-5,8,10-13,17,20,22,28,34H,1-3,6-7H2/t12-,17-,20-,22+/m0/s1. The van der Waals surface area contributed by atoms with E-state index in [0.717, 1.165) is 38.3 Å². The highest BCUT2D eigenvalue weighted by atomic mass is 19.1. The number of rotatable bonds is 5. The second-order valence-corrected chi connectivity index (χ2v) is 9.16. The molecule has 0 amide bonds. The van der Waals surface area contributed by atoms with Gasteiger partial charge < -0.3 is 15.3 Å². The number of anilines is 1. The molecule has 6 rings (SSSR count). The zero-order valence-corrected chi connectivity index (χ0v) is 18.1. The van der Waals surface area contributed by atoms with Crippen molar-refractivity contribution in [1.82, 2.24) is 30.3 Å². The number of nitrogens with one attached hydrogen (secondary N) is 1. The molecule has 4 atom stereocenters. The lowest BCUT2D eigenvalue weighted by Gasteiger charge is -2.40. The van der Waals surface area contributed by atoms with Crippen molar-refractivity contribution in [3.05, 3.63) is 42.1 Å². The summed E-state index contributed by atoms with van der Waals surface area (Å²) in [5.41, 5.74) is 0.806. The maximum absolute atomic E-state index is 15.2. The van der Waals surface area contributed by atoms with Crippen LogP contribution in [0.1, 0.15) is 37.8 Å². The van der Waals surface area contributed by atoms with E-state index in [-0.39, 0.29) is 29.6 Å². The molecule has 2 bridgehead atoms. The third kappa shape index (κ3) is 3.54. The molecule has 2 saturated heterocycles. The number of nitrogens with zero attached hydrogens (tertiary/aromatic N) is 7. The Labute approximate surface area is 194 Å². The van der Waals surface area contributed by atoms with Crippen LogP contribution in [0.2, 0.25) is 0 Å². The Morgan fingerprint density at radius 2 is 2.06 bits per heavy atom. The number of phenols is 1. The maximum Gasteiger partial charge on any atom is 0.245 e. The van der Waals surface area contributed by atoms with Crippen molar-refractivity contribution in [2.45, 2.75) is 62.4 Å². The molecule has 0 spiro atoms. The van der Waals surface area contributed by atoms with Crippen LogP contribution in [-0.2, 0) is 0 Å². The van der Waals surface area contributed by atoms with Crippen LogP contribution in [0.15, 0.2) is 30.6 Å². The van der Waals surface area contributed by atoms with Gasteiger partial charge >= 0.3 is 0 Å². The highest BCUT2D eigenvalue weighted by Gasteiger charge is 2.48. The third-order valence-corrected chi connectivity index (χ3v) is 6.93. The van der Waals surface area contributed by atoms with Gasteiger partial charge in [-0.05, 0) is 44.2 Å². The van der Waals surface area contributed by atoms with Gasteiger partial charge in [-0.1, -0.05) is 0 Å². The number of phenolic OH excluding ortho intramolecular Hbond substituents is 1. The van der Waals surface area contributed by atoms with E-state index in [0.29, 0.717) is 28.9 Å². The number of aromatic hydroxyl groups is 1. The van der Waals surface area contributed by atoms with Gasteiger partial charge in [0.1, 0.15) is 23.7 Å².